The number of aryl methyl sites for hydroxylation is 2. The second-order valence-corrected chi connectivity index (χ2v) is 10.9. The van der Waals surface area contributed by atoms with E-state index in [-0.39, 0.29) is 6.03 Å². The highest BCUT2D eigenvalue weighted by Gasteiger charge is 2.37. The summed E-state index contributed by atoms with van der Waals surface area (Å²) in [4.78, 5) is 29.9. The first-order chi connectivity index (χ1) is 21.4. The molecule has 0 atom stereocenters. The van der Waals surface area contributed by atoms with E-state index >= 15 is 0 Å². The first-order valence-corrected chi connectivity index (χ1v) is 14.7. The number of carbonyl (C=O) groups is 1. The van der Waals surface area contributed by atoms with Crippen LogP contribution in [0.2, 0.25) is 0 Å². The Hall–Kier alpha value is -4.83. The zero-order valence-electron chi connectivity index (χ0n) is 25.8. The molecule has 1 fully saturated rings. The smallest absolute Gasteiger partial charge is 0.335 e. The van der Waals surface area contributed by atoms with Crippen LogP contribution in [-0.4, -0.2) is 63.6 Å². The number of carbonyl (C=O) groups excluding carboxylic acids is 1. The van der Waals surface area contributed by atoms with Crippen molar-refractivity contribution >= 4 is 28.9 Å². The summed E-state index contributed by atoms with van der Waals surface area (Å²) in [5, 5.41) is 0. The van der Waals surface area contributed by atoms with Crippen LogP contribution >= 0.6 is 0 Å². The third-order valence-corrected chi connectivity index (χ3v) is 8.15. The van der Waals surface area contributed by atoms with E-state index in [4.69, 9.17) is 28.9 Å². The van der Waals surface area contributed by atoms with Gasteiger partial charge in [0.2, 0.25) is 0 Å². The van der Waals surface area contributed by atoms with E-state index in [1.54, 1.807) is 37.2 Å². The van der Waals surface area contributed by atoms with Gasteiger partial charge in [0.15, 0.2) is 0 Å². The Balaban J connectivity index is 1.40. The van der Waals surface area contributed by atoms with Crippen LogP contribution in [0.1, 0.15) is 28.1 Å². The number of anilines is 4. The van der Waals surface area contributed by atoms with Crippen LogP contribution in [0.5, 0.6) is 17.2 Å². The van der Waals surface area contributed by atoms with E-state index in [0.29, 0.717) is 55.0 Å². The number of hydrogen-bond acceptors (Lipinski definition) is 8. The summed E-state index contributed by atoms with van der Waals surface area (Å²) in [5.74, 6) is 3.04. The van der Waals surface area contributed by atoms with Gasteiger partial charge in [-0.1, -0.05) is 24.3 Å². The summed E-state index contributed by atoms with van der Waals surface area (Å²) in [5.41, 5.74) is 6.33. The number of fused-ring (bicyclic) bond motifs is 1. The monoisotopic (exact) mass is 595 g/mol. The molecule has 1 saturated heterocycles. The number of morpholine rings is 1. The van der Waals surface area contributed by atoms with Crippen molar-refractivity contribution in [2.45, 2.75) is 26.8 Å². The lowest BCUT2D eigenvalue weighted by Gasteiger charge is -2.37. The van der Waals surface area contributed by atoms with E-state index in [0.717, 1.165) is 52.5 Å². The molecule has 0 spiro atoms. The third-order valence-electron chi connectivity index (χ3n) is 8.15. The van der Waals surface area contributed by atoms with Crippen LogP contribution in [0.15, 0.2) is 60.8 Å². The molecule has 2 aliphatic heterocycles. The minimum absolute atomic E-state index is 0.223. The first-order valence-electron chi connectivity index (χ1n) is 14.7. The summed E-state index contributed by atoms with van der Waals surface area (Å²) in [6.45, 7) is 7.41. The van der Waals surface area contributed by atoms with Gasteiger partial charge in [-0.25, -0.2) is 19.7 Å². The second-order valence-electron chi connectivity index (χ2n) is 10.9. The van der Waals surface area contributed by atoms with Crippen molar-refractivity contribution in [2.24, 2.45) is 0 Å². The Bertz CT molecular complexity index is 1670. The summed E-state index contributed by atoms with van der Waals surface area (Å²) in [7, 11) is 4.86. The first kappa shape index (κ1) is 29.3. The molecule has 10 nitrogen and oxygen atoms in total. The van der Waals surface area contributed by atoms with Crippen LogP contribution in [0, 0.1) is 13.8 Å². The summed E-state index contributed by atoms with van der Waals surface area (Å²) >= 11 is 0. The predicted octanol–water partition coefficient (Wildman–Crippen LogP) is 5.82. The number of ether oxygens (including phenoxy) is 4. The Morgan fingerprint density at radius 1 is 0.864 bits per heavy atom. The lowest BCUT2D eigenvalue weighted by molar-refractivity contribution is 0.122. The second kappa shape index (κ2) is 12.4. The summed E-state index contributed by atoms with van der Waals surface area (Å²) < 4.78 is 22.5. The molecule has 1 aromatic heterocycles. The van der Waals surface area contributed by atoms with Gasteiger partial charge >= 0.3 is 6.03 Å². The van der Waals surface area contributed by atoms with Crippen molar-refractivity contribution < 1.29 is 23.7 Å². The number of urea groups is 1. The van der Waals surface area contributed by atoms with Crippen LogP contribution in [-0.2, 0) is 17.7 Å². The van der Waals surface area contributed by atoms with Gasteiger partial charge in [0.05, 0.1) is 58.2 Å². The van der Waals surface area contributed by atoms with Crippen molar-refractivity contribution in [2.75, 3.05) is 62.3 Å². The van der Waals surface area contributed by atoms with Gasteiger partial charge in [-0.05, 0) is 54.8 Å². The molecular weight excluding hydrogens is 558 g/mol. The molecule has 228 valence electrons. The molecule has 3 aromatic carbocycles. The number of para-hydroxylation sites is 1. The maximum absolute atomic E-state index is 14.4. The van der Waals surface area contributed by atoms with Crippen molar-refractivity contribution in [1.29, 1.82) is 0 Å². The SMILES string of the molecule is COc1ccc(N2C(=O)N(c3c(C)cccc3C)Cc3cnc(Cc4ccc(N5CCOCC5)c(OC)c4)nc32)c(OC)c1. The molecule has 0 radical (unpaired) electrons. The molecule has 2 aliphatic rings. The van der Waals surface area contributed by atoms with E-state index in [1.807, 2.05) is 56.4 Å². The number of amides is 2. The lowest BCUT2D eigenvalue weighted by atomic mass is 10.1. The Morgan fingerprint density at radius 3 is 2.27 bits per heavy atom. The highest BCUT2D eigenvalue weighted by molar-refractivity contribution is 6.11. The van der Waals surface area contributed by atoms with E-state index < -0.39 is 0 Å². The highest BCUT2D eigenvalue weighted by atomic mass is 16.5. The average molecular weight is 596 g/mol. The van der Waals surface area contributed by atoms with Gasteiger partial charge < -0.3 is 23.8 Å². The number of methoxy groups -OCH3 is 3. The predicted molar refractivity (Wildman–Crippen MR) is 170 cm³/mol. The zero-order chi connectivity index (χ0) is 30.8. The van der Waals surface area contributed by atoms with Crippen LogP contribution in [0.3, 0.4) is 0 Å². The van der Waals surface area contributed by atoms with Crippen molar-refractivity contribution in [3.05, 3.63) is 88.9 Å². The fourth-order valence-corrected chi connectivity index (χ4v) is 5.95. The molecule has 2 amide bonds. The molecule has 0 N–H and O–H groups in total. The average Bonchev–Trinajstić information content (AvgIpc) is 3.05. The zero-order valence-corrected chi connectivity index (χ0v) is 25.8. The molecule has 0 saturated carbocycles. The minimum Gasteiger partial charge on any atom is -0.497 e. The normalized spacial score (nSPS) is 14.8. The highest BCUT2D eigenvalue weighted by Crippen LogP contribution is 2.42. The summed E-state index contributed by atoms with van der Waals surface area (Å²) in [6.07, 6.45) is 2.29. The van der Waals surface area contributed by atoms with Gasteiger partial charge in [-0.3, -0.25) is 4.90 Å². The van der Waals surface area contributed by atoms with Gasteiger partial charge in [0, 0.05) is 37.3 Å². The maximum atomic E-state index is 14.4. The molecule has 3 heterocycles. The molecule has 10 heteroatoms. The molecule has 6 rings (SSSR count). The number of nitrogens with zero attached hydrogens (tertiary/aromatic N) is 5. The topological polar surface area (TPSA) is 89.5 Å². The molecule has 0 aliphatic carbocycles. The molecule has 0 bridgehead atoms. The molecular formula is C34H37N5O5. The summed E-state index contributed by atoms with van der Waals surface area (Å²) in [6, 6.07) is 17.4. The maximum Gasteiger partial charge on any atom is 0.335 e. The van der Waals surface area contributed by atoms with Gasteiger partial charge in [-0.2, -0.15) is 0 Å². The molecule has 4 aromatic rings. The third kappa shape index (κ3) is 5.48. The van der Waals surface area contributed by atoms with Crippen molar-refractivity contribution in [3.8, 4) is 17.2 Å². The Kier molecular flexibility index (Phi) is 8.25. The largest absolute Gasteiger partial charge is 0.497 e. The van der Waals surface area contributed by atoms with Gasteiger partial charge in [0.25, 0.3) is 0 Å². The fraction of sp³-hybridized carbons (Fsp3) is 0.324. The minimum atomic E-state index is -0.223. The Morgan fingerprint density at radius 2 is 1.57 bits per heavy atom. The quantitative estimate of drug-likeness (QED) is 0.252. The van der Waals surface area contributed by atoms with Crippen molar-refractivity contribution in [1.82, 2.24) is 9.97 Å². The fourth-order valence-electron chi connectivity index (χ4n) is 5.95. The van der Waals surface area contributed by atoms with Crippen LogP contribution in [0.4, 0.5) is 27.7 Å². The van der Waals surface area contributed by atoms with Crippen LogP contribution < -0.4 is 28.9 Å². The molecule has 44 heavy (non-hydrogen) atoms. The standard InChI is InChI=1S/C34H37N5O5/c1-22-7-6-8-23(2)32(22)38-21-25-20-35-31(18-24-9-11-27(29(17-24)42-4)37-13-15-44-16-14-37)36-33(25)39(34(38)40)28-12-10-26(41-3)19-30(28)43-5/h6-12,17,19-20H,13-16,18,21H2,1-5H3. The van der Waals surface area contributed by atoms with Crippen LogP contribution in [0.25, 0.3) is 0 Å². The molecule has 0 unspecified atom stereocenters. The number of benzene rings is 3. The number of rotatable bonds is 8. The number of hydrogen-bond donors (Lipinski definition) is 0. The van der Waals surface area contributed by atoms with E-state index in [2.05, 4.69) is 17.0 Å². The van der Waals surface area contributed by atoms with Gasteiger partial charge in [-0.15, -0.1) is 0 Å². The van der Waals surface area contributed by atoms with E-state index in [1.165, 1.54) is 0 Å². The lowest BCUT2D eigenvalue weighted by Crippen LogP contribution is -2.46. The van der Waals surface area contributed by atoms with Gasteiger partial charge in [0.1, 0.15) is 28.9 Å². The Labute approximate surface area is 257 Å². The van der Waals surface area contributed by atoms with Crippen molar-refractivity contribution in [3.63, 3.8) is 0 Å². The number of aromatic nitrogens is 2. The van der Waals surface area contributed by atoms with E-state index in [9.17, 15) is 4.79 Å².